The average molecular weight is 351 g/mol. The lowest BCUT2D eigenvalue weighted by atomic mass is 9.86. The Morgan fingerprint density at radius 2 is 1.81 bits per heavy atom. The van der Waals surface area contributed by atoms with E-state index in [1.165, 1.54) is 4.90 Å². The number of carbonyl (C=O) groups excluding carboxylic acids is 1. The summed E-state index contributed by atoms with van der Waals surface area (Å²) in [4.78, 5) is 18.2. The minimum atomic E-state index is -0.657. The minimum Gasteiger partial charge on any atom is -0.491 e. The number of nitrogens with zero attached hydrogens (tertiary/aromatic N) is 2. The molecule has 0 aliphatic carbocycles. The first kappa shape index (κ1) is 18.0. The number of nitrogens with two attached hydrogens (primary N) is 1. The summed E-state index contributed by atoms with van der Waals surface area (Å²) in [5, 5.41) is 0. The molecule has 3 rings (SSSR count). The highest BCUT2D eigenvalue weighted by Gasteiger charge is 2.36. The molecule has 0 saturated heterocycles. The van der Waals surface area contributed by atoms with E-state index in [-0.39, 0.29) is 18.0 Å². The lowest BCUT2D eigenvalue weighted by Gasteiger charge is -2.33. The van der Waals surface area contributed by atoms with Gasteiger partial charge in [-0.2, -0.15) is 0 Å². The Morgan fingerprint density at radius 3 is 2.46 bits per heavy atom. The molecule has 1 unspecified atom stereocenters. The van der Waals surface area contributed by atoms with Crippen molar-refractivity contribution in [1.82, 2.24) is 4.90 Å². The molecule has 0 bridgehead atoms. The Labute approximate surface area is 154 Å². The molecule has 0 spiro atoms. The van der Waals surface area contributed by atoms with Gasteiger partial charge in [-0.05, 0) is 55.7 Å². The lowest BCUT2D eigenvalue weighted by Crippen LogP contribution is -2.47. The number of carbonyl (C=O) groups is 1. The van der Waals surface area contributed by atoms with Crippen molar-refractivity contribution in [1.29, 1.82) is 0 Å². The van der Waals surface area contributed by atoms with Crippen LogP contribution in [0, 0.1) is 0 Å². The third-order valence-electron chi connectivity index (χ3n) is 4.60. The summed E-state index contributed by atoms with van der Waals surface area (Å²) < 4.78 is 5.79. The Balaban J connectivity index is 1.98. The van der Waals surface area contributed by atoms with Crippen molar-refractivity contribution in [3.8, 4) is 16.9 Å². The van der Waals surface area contributed by atoms with Crippen LogP contribution in [-0.4, -0.2) is 29.9 Å². The normalized spacial score (nSPS) is 20.3. The molecule has 0 saturated carbocycles. The number of aliphatic imine (C=N–C) groups is 1. The van der Waals surface area contributed by atoms with Crippen LogP contribution in [0.2, 0.25) is 0 Å². The van der Waals surface area contributed by atoms with Crippen molar-refractivity contribution >= 4 is 11.9 Å². The van der Waals surface area contributed by atoms with Gasteiger partial charge in [0.1, 0.15) is 5.75 Å². The van der Waals surface area contributed by atoms with E-state index in [0.29, 0.717) is 6.42 Å². The largest absolute Gasteiger partial charge is 0.491 e. The monoisotopic (exact) mass is 351 g/mol. The summed E-state index contributed by atoms with van der Waals surface area (Å²) in [5.74, 6) is 1.06. The molecule has 0 radical (unpaired) electrons. The van der Waals surface area contributed by atoms with Crippen LogP contribution >= 0.6 is 0 Å². The van der Waals surface area contributed by atoms with Gasteiger partial charge < -0.3 is 10.5 Å². The number of amides is 1. The molecule has 2 aromatic rings. The zero-order chi connectivity index (χ0) is 18.9. The van der Waals surface area contributed by atoms with E-state index in [2.05, 4.69) is 11.1 Å². The Kier molecular flexibility index (Phi) is 4.72. The van der Waals surface area contributed by atoms with Gasteiger partial charge in [-0.1, -0.05) is 30.3 Å². The van der Waals surface area contributed by atoms with E-state index in [1.807, 2.05) is 63.2 Å². The Morgan fingerprint density at radius 1 is 1.15 bits per heavy atom. The van der Waals surface area contributed by atoms with Crippen molar-refractivity contribution < 1.29 is 9.53 Å². The first-order valence-corrected chi connectivity index (χ1v) is 8.78. The van der Waals surface area contributed by atoms with Crippen molar-refractivity contribution in [2.45, 2.75) is 38.8 Å². The SMILES string of the molecule is CC(C)Oc1cccc(-c2cccc(C3(C)CC(=O)N(C)C(N)=N3)c2)c1. The van der Waals surface area contributed by atoms with Crippen molar-refractivity contribution in [3.05, 3.63) is 54.1 Å². The maximum Gasteiger partial charge on any atom is 0.231 e. The molecule has 2 aromatic carbocycles. The number of guanidine groups is 1. The van der Waals surface area contributed by atoms with E-state index in [4.69, 9.17) is 10.5 Å². The molecule has 1 atom stereocenters. The standard InChI is InChI=1S/C21H25N3O2/c1-14(2)26-18-10-6-8-16(12-18)15-7-5-9-17(11-15)21(3)13-19(25)24(4)20(22)23-21/h5-12,14H,13H2,1-4H3,(H2,22,23). The molecular weight excluding hydrogens is 326 g/mol. The van der Waals surface area contributed by atoms with Gasteiger partial charge in [-0.15, -0.1) is 0 Å². The van der Waals surface area contributed by atoms with E-state index in [0.717, 1.165) is 22.4 Å². The van der Waals surface area contributed by atoms with Gasteiger partial charge >= 0.3 is 0 Å². The molecule has 136 valence electrons. The van der Waals surface area contributed by atoms with Crippen molar-refractivity contribution in [2.24, 2.45) is 10.7 Å². The van der Waals surface area contributed by atoms with Crippen LogP contribution < -0.4 is 10.5 Å². The molecule has 1 heterocycles. The highest BCUT2D eigenvalue weighted by Crippen LogP contribution is 2.35. The van der Waals surface area contributed by atoms with Gasteiger partial charge in [0, 0.05) is 7.05 Å². The summed E-state index contributed by atoms with van der Waals surface area (Å²) in [6, 6.07) is 16.1. The molecule has 5 nitrogen and oxygen atoms in total. The zero-order valence-corrected chi connectivity index (χ0v) is 15.7. The van der Waals surface area contributed by atoms with Crippen molar-refractivity contribution in [3.63, 3.8) is 0 Å². The second-order valence-electron chi connectivity index (χ2n) is 7.15. The predicted octanol–water partition coefficient (Wildman–Crippen LogP) is 3.53. The van der Waals surface area contributed by atoms with Crippen LogP contribution in [0.4, 0.5) is 0 Å². The zero-order valence-electron chi connectivity index (χ0n) is 15.7. The molecule has 1 amide bonds. The number of benzene rings is 2. The van der Waals surface area contributed by atoms with Crippen molar-refractivity contribution in [2.75, 3.05) is 7.05 Å². The van der Waals surface area contributed by atoms with Gasteiger partial charge in [0.05, 0.1) is 18.1 Å². The van der Waals surface area contributed by atoms with Gasteiger partial charge in [0.15, 0.2) is 5.96 Å². The molecule has 2 N–H and O–H groups in total. The summed E-state index contributed by atoms with van der Waals surface area (Å²) in [6.45, 7) is 5.96. The highest BCUT2D eigenvalue weighted by atomic mass is 16.5. The van der Waals surface area contributed by atoms with E-state index in [1.54, 1.807) is 7.05 Å². The second-order valence-corrected chi connectivity index (χ2v) is 7.15. The third kappa shape index (κ3) is 3.57. The molecule has 1 aliphatic rings. The number of hydrogen-bond acceptors (Lipinski definition) is 4. The quantitative estimate of drug-likeness (QED) is 0.916. The van der Waals surface area contributed by atoms with Crippen LogP contribution in [0.25, 0.3) is 11.1 Å². The van der Waals surface area contributed by atoms with Crippen LogP contribution in [0.5, 0.6) is 5.75 Å². The van der Waals surface area contributed by atoms with Gasteiger partial charge in [0.2, 0.25) is 5.91 Å². The fourth-order valence-electron chi connectivity index (χ4n) is 3.13. The number of ether oxygens (including phenoxy) is 1. The first-order chi connectivity index (χ1) is 12.3. The smallest absolute Gasteiger partial charge is 0.231 e. The van der Waals surface area contributed by atoms with Gasteiger partial charge in [0.25, 0.3) is 0 Å². The second kappa shape index (κ2) is 6.83. The van der Waals surface area contributed by atoms with Crippen LogP contribution in [-0.2, 0) is 10.3 Å². The summed E-state index contributed by atoms with van der Waals surface area (Å²) in [5.41, 5.74) is 8.36. The Bertz CT molecular complexity index is 860. The van der Waals surface area contributed by atoms with E-state index < -0.39 is 5.54 Å². The molecule has 26 heavy (non-hydrogen) atoms. The maximum absolute atomic E-state index is 12.2. The predicted molar refractivity (Wildman–Crippen MR) is 104 cm³/mol. The van der Waals surface area contributed by atoms with E-state index in [9.17, 15) is 4.79 Å². The van der Waals surface area contributed by atoms with Crippen LogP contribution in [0.15, 0.2) is 53.5 Å². The Hall–Kier alpha value is -2.82. The average Bonchev–Trinajstić information content (AvgIpc) is 2.59. The first-order valence-electron chi connectivity index (χ1n) is 8.78. The number of rotatable bonds is 4. The van der Waals surface area contributed by atoms with Crippen LogP contribution in [0.3, 0.4) is 0 Å². The maximum atomic E-state index is 12.2. The summed E-state index contributed by atoms with van der Waals surface area (Å²) in [7, 11) is 1.65. The number of hydrogen-bond donors (Lipinski definition) is 1. The van der Waals surface area contributed by atoms with E-state index >= 15 is 0 Å². The fraction of sp³-hybridized carbons (Fsp3) is 0.333. The molecule has 0 fully saturated rings. The highest BCUT2D eigenvalue weighted by molar-refractivity contribution is 5.98. The van der Waals surface area contributed by atoms with Gasteiger partial charge in [-0.25, -0.2) is 4.99 Å². The molecule has 5 heteroatoms. The topological polar surface area (TPSA) is 67.9 Å². The molecule has 0 aromatic heterocycles. The van der Waals surface area contributed by atoms with Gasteiger partial charge in [-0.3, -0.25) is 9.69 Å². The minimum absolute atomic E-state index is 0.0299. The third-order valence-corrected chi connectivity index (χ3v) is 4.60. The summed E-state index contributed by atoms with van der Waals surface area (Å²) in [6.07, 6.45) is 0.419. The van der Waals surface area contributed by atoms with Crippen LogP contribution in [0.1, 0.15) is 32.8 Å². The summed E-state index contributed by atoms with van der Waals surface area (Å²) >= 11 is 0. The molecular formula is C21H25N3O2. The fourth-order valence-corrected chi connectivity index (χ4v) is 3.13. The molecule has 1 aliphatic heterocycles. The lowest BCUT2D eigenvalue weighted by molar-refractivity contribution is -0.128.